The van der Waals surface area contributed by atoms with Gasteiger partial charge in [-0.05, 0) is 23.8 Å². The van der Waals surface area contributed by atoms with Crippen LogP contribution in [0.5, 0.6) is 0 Å². The van der Waals surface area contributed by atoms with E-state index in [4.69, 9.17) is 28.9 Å². The fraction of sp³-hybridized carbons (Fsp3) is 0.0714. The topological polar surface area (TPSA) is 38.9 Å². The number of hydrogen-bond acceptors (Lipinski definition) is 3. The summed E-state index contributed by atoms with van der Waals surface area (Å²) in [6, 6.07) is 11.5. The maximum atomic E-state index is 6.25. The first-order valence-corrected chi connectivity index (χ1v) is 7.27. The van der Waals surface area contributed by atoms with E-state index < -0.39 is 0 Å². The first-order chi connectivity index (χ1) is 9.15. The van der Waals surface area contributed by atoms with Gasteiger partial charge >= 0.3 is 0 Å². The SMILES string of the molecule is NC(c1cnc2ccccc2c1)c1cc(Cl)sc1Cl. The van der Waals surface area contributed by atoms with Crippen LogP contribution in [0.1, 0.15) is 17.2 Å². The Morgan fingerprint density at radius 2 is 1.95 bits per heavy atom. The van der Waals surface area contributed by atoms with Crippen LogP contribution in [0.25, 0.3) is 10.9 Å². The molecule has 96 valence electrons. The van der Waals surface area contributed by atoms with Gasteiger partial charge in [-0.2, -0.15) is 0 Å². The molecule has 1 aromatic carbocycles. The van der Waals surface area contributed by atoms with Crippen LogP contribution in [0, 0.1) is 0 Å². The predicted molar refractivity (Wildman–Crippen MR) is 82.1 cm³/mol. The summed E-state index contributed by atoms with van der Waals surface area (Å²) in [5.41, 5.74) is 8.96. The van der Waals surface area contributed by atoms with Crippen molar-refractivity contribution in [2.45, 2.75) is 6.04 Å². The van der Waals surface area contributed by atoms with Gasteiger partial charge in [0.2, 0.25) is 0 Å². The Balaban J connectivity index is 2.06. The molecule has 5 heteroatoms. The molecule has 0 aliphatic heterocycles. The van der Waals surface area contributed by atoms with E-state index in [1.807, 2.05) is 36.4 Å². The van der Waals surface area contributed by atoms with Crippen molar-refractivity contribution in [1.29, 1.82) is 0 Å². The lowest BCUT2D eigenvalue weighted by Gasteiger charge is -2.11. The minimum absolute atomic E-state index is 0.312. The Bertz CT molecular complexity index is 739. The Morgan fingerprint density at radius 3 is 2.68 bits per heavy atom. The summed E-state index contributed by atoms with van der Waals surface area (Å²) in [5.74, 6) is 0. The van der Waals surface area contributed by atoms with E-state index in [-0.39, 0.29) is 6.04 Å². The normalized spacial score (nSPS) is 12.8. The maximum Gasteiger partial charge on any atom is 0.0995 e. The summed E-state index contributed by atoms with van der Waals surface area (Å²) < 4.78 is 1.27. The number of benzene rings is 1. The molecule has 3 rings (SSSR count). The van der Waals surface area contributed by atoms with Crippen molar-refractivity contribution in [3.8, 4) is 0 Å². The van der Waals surface area contributed by atoms with E-state index >= 15 is 0 Å². The number of thiophene rings is 1. The van der Waals surface area contributed by atoms with Crippen LogP contribution in [0.2, 0.25) is 8.67 Å². The van der Waals surface area contributed by atoms with Crippen molar-refractivity contribution >= 4 is 45.4 Å². The molecule has 0 amide bonds. The summed E-state index contributed by atoms with van der Waals surface area (Å²) in [5, 5.41) is 1.06. The van der Waals surface area contributed by atoms with Crippen LogP contribution in [-0.4, -0.2) is 4.98 Å². The zero-order valence-electron chi connectivity index (χ0n) is 9.81. The molecule has 0 fully saturated rings. The standard InChI is InChI=1S/C14H10Cl2N2S/c15-12-6-10(14(16)19-12)13(17)9-5-8-3-1-2-4-11(8)18-7-9/h1-7,13H,17H2. The number of rotatable bonds is 2. The highest BCUT2D eigenvalue weighted by molar-refractivity contribution is 7.20. The molecule has 0 bridgehead atoms. The summed E-state index contributed by atoms with van der Waals surface area (Å²) >= 11 is 13.4. The molecule has 2 aromatic heterocycles. The van der Waals surface area contributed by atoms with Crippen molar-refractivity contribution in [3.63, 3.8) is 0 Å². The number of para-hydroxylation sites is 1. The van der Waals surface area contributed by atoms with Crippen molar-refractivity contribution in [1.82, 2.24) is 4.98 Å². The van der Waals surface area contributed by atoms with Crippen molar-refractivity contribution in [2.75, 3.05) is 0 Å². The monoisotopic (exact) mass is 308 g/mol. The Kier molecular flexibility index (Phi) is 3.46. The van der Waals surface area contributed by atoms with Crippen LogP contribution in [-0.2, 0) is 0 Å². The van der Waals surface area contributed by atoms with Crippen LogP contribution >= 0.6 is 34.5 Å². The van der Waals surface area contributed by atoms with Gasteiger partial charge in [-0.25, -0.2) is 0 Å². The largest absolute Gasteiger partial charge is 0.320 e. The molecule has 2 nitrogen and oxygen atoms in total. The minimum atomic E-state index is -0.312. The zero-order valence-corrected chi connectivity index (χ0v) is 12.1. The van der Waals surface area contributed by atoms with Gasteiger partial charge in [0, 0.05) is 17.1 Å². The number of aromatic nitrogens is 1. The van der Waals surface area contributed by atoms with Gasteiger partial charge in [-0.1, -0.05) is 41.4 Å². The lowest BCUT2D eigenvalue weighted by atomic mass is 10.0. The fourth-order valence-electron chi connectivity index (χ4n) is 2.00. The van der Waals surface area contributed by atoms with E-state index in [2.05, 4.69) is 4.98 Å². The number of hydrogen-bond donors (Lipinski definition) is 1. The molecular weight excluding hydrogens is 299 g/mol. The van der Waals surface area contributed by atoms with E-state index in [1.54, 1.807) is 6.20 Å². The maximum absolute atomic E-state index is 6.25. The smallest absolute Gasteiger partial charge is 0.0995 e. The lowest BCUT2D eigenvalue weighted by molar-refractivity contribution is 0.872. The van der Waals surface area contributed by atoms with E-state index in [0.29, 0.717) is 8.67 Å². The zero-order chi connectivity index (χ0) is 13.4. The highest BCUT2D eigenvalue weighted by Gasteiger charge is 2.16. The fourth-order valence-corrected chi connectivity index (χ4v) is 3.55. The van der Waals surface area contributed by atoms with E-state index in [1.165, 1.54) is 11.3 Å². The van der Waals surface area contributed by atoms with Gasteiger partial charge in [-0.15, -0.1) is 11.3 Å². The number of nitrogens with zero attached hydrogens (tertiary/aromatic N) is 1. The molecule has 1 atom stereocenters. The van der Waals surface area contributed by atoms with Crippen LogP contribution in [0.15, 0.2) is 42.6 Å². The Labute approximate surface area is 124 Å². The van der Waals surface area contributed by atoms with Gasteiger partial charge < -0.3 is 5.73 Å². The molecule has 0 radical (unpaired) electrons. The summed E-state index contributed by atoms with van der Waals surface area (Å²) in [6.07, 6.45) is 1.79. The highest BCUT2D eigenvalue weighted by Crippen LogP contribution is 2.36. The summed E-state index contributed by atoms with van der Waals surface area (Å²) in [4.78, 5) is 4.41. The Hall–Kier alpha value is -1.13. The highest BCUT2D eigenvalue weighted by atomic mass is 35.5. The van der Waals surface area contributed by atoms with E-state index in [0.717, 1.165) is 22.0 Å². The summed E-state index contributed by atoms with van der Waals surface area (Å²) in [6.45, 7) is 0. The molecule has 0 saturated heterocycles. The predicted octanol–water partition coefficient (Wildman–Crippen LogP) is 4.65. The van der Waals surface area contributed by atoms with Crippen LogP contribution in [0.4, 0.5) is 0 Å². The second kappa shape index (κ2) is 5.10. The molecule has 2 heterocycles. The average molecular weight is 309 g/mol. The first-order valence-electron chi connectivity index (χ1n) is 5.70. The lowest BCUT2D eigenvalue weighted by Crippen LogP contribution is -2.11. The van der Waals surface area contributed by atoms with Gasteiger partial charge in [-0.3, -0.25) is 4.98 Å². The quantitative estimate of drug-likeness (QED) is 0.748. The number of pyridine rings is 1. The van der Waals surface area contributed by atoms with E-state index in [9.17, 15) is 0 Å². The van der Waals surface area contributed by atoms with Crippen LogP contribution < -0.4 is 5.73 Å². The van der Waals surface area contributed by atoms with Crippen molar-refractivity contribution < 1.29 is 0 Å². The molecule has 2 N–H and O–H groups in total. The van der Waals surface area contributed by atoms with Crippen LogP contribution in [0.3, 0.4) is 0 Å². The van der Waals surface area contributed by atoms with Gasteiger partial charge in [0.15, 0.2) is 0 Å². The molecule has 0 aliphatic rings. The number of halogens is 2. The average Bonchev–Trinajstić information content (AvgIpc) is 2.76. The molecular formula is C14H10Cl2N2S. The molecule has 0 spiro atoms. The Morgan fingerprint density at radius 1 is 1.16 bits per heavy atom. The van der Waals surface area contributed by atoms with Crippen molar-refractivity contribution in [3.05, 3.63) is 62.4 Å². The molecule has 3 aromatic rings. The third kappa shape index (κ3) is 2.47. The minimum Gasteiger partial charge on any atom is -0.320 e. The molecule has 19 heavy (non-hydrogen) atoms. The third-order valence-electron chi connectivity index (χ3n) is 2.99. The molecule has 1 unspecified atom stereocenters. The molecule has 0 aliphatic carbocycles. The first kappa shape index (κ1) is 12.9. The van der Waals surface area contributed by atoms with Gasteiger partial charge in [0.25, 0.3) is 0 Å². The number of fused-ring (bicyclic) bond motifs is 1. The van der Waals surface area contributed by atoms with Gasteiger partial charge in [0.1, 0.15) is 0 Å². The molecule has 0 saturated carbocycles. The summed E-state index contributed by atoms with van der Waals surface area (Å²) in [7, 11) is 0. The van der Waals surface area contributed by atoms with Gasteiger partial charge in [0.05, 0.1) is 20.2 Å². The third-order valence-corrected chi connectivity index (χ3v) is 4.51. The second-order valence-electron chi connectivity index (χ2n) is 4.22. The second-order valence-corrected chi connectivity index (χ2v) is 6.50. The number of nitrogens with two attached hydrogens (primary N) is 1. The van der Waals surface area contributed by atoms with Crippen molar-refractivity contribution in [2.24, 2.45) is 5.73 Å².